The van der Waals surface area contributed by atoms with Crippen molar-refractivity contribution in [1.29, 1.82) is 0 Å². The molecule has 0 N–H and O–H groups in total. The highest BCUT2D eigenvalue weighted by Crippen LogP contribution is 2.45. The first kappa shape index (κ1) is 20.7. The first-order valence-corrected chi connectivity index (χ1v) is 14.7. The average molecular weight is 457 g/mol. The normalized spacial score (nSPS) is 13.8. The van der Waals surface area contributed by atoms with Gasteiger partial charge in [0.2, 0.25) is 0 Å². The highest BCUT2D eigenvalue weighted by Gasteiger charge is 2.20. The Morgan fingerprint density at radius 3 is 2.06 bits per heavy atom. The number of fused-ring (bicyclic) bond motifs is 3. The van der Waals surface area contributed by atoms with E-state index < -0.39 is 6.89 Å². The van der Waals surface area contributed by atoms with Crippen LogP contribution in [0.5, 0.6) is 0 Å². The molecule has 0 bridgehead atoms. The molecule has 5 aromatic rings. The van der Waals surface area contributed by atoms with Gasteiger partial charge in [-0.25, -0.2) is 0 Å². The molecule has 0 aliphatic rings. The summed E-state index contributed by atoms with van der Waals surface area (Å²) in [6.45, 7) is 0.634. The Morgan fingerprint density at radius 1 is 0.710 bits per heavy atom. The molecule has 0 aliphatic carbocycles. The summed E-state index contributed by atoms with van der Waals surface area (Å²) in [5.41, 5.74) is 0. The van der Waals surface area contributed by atoms with E-state index in [0.29, 0.717) is 8.58 Å². The molecule has 1 heterocycles. The van der Waals surface area contributed by atoms with E-state index in [1.807, 2.05) is 11.3 Å². The molecule has 0 spiro atoms. The molecule has 0 radical (unpaired) electrons. The van der Waals surface area contributed by atoms with E-state index in [-0.39, 0.29) is 0 Å². The minimum Gasteiger partial charge on any atom is -0.135 e. The van der Waals surface area contributed by atoms with E-state index in [4.69, 9.17) is 6.30 Å². The van der Waals surface area contributed by atoms with Crippen LogP contribution < -0.4 is 21.2 Å². The number of rotatable bonds is 6. The van der Waals surface area contributed by atoms with Gasteiger partial charge in [0, 0.05) is 20.2 Å². The van der Waals surface area contributed by atoms with Gasteiger partial charge < -0.3 is 0 Å². The summed E-state index contributed by atoms with van der Waals surface area (Å²) in [5, 5.41) is 8.38. The molecule has 0 saturated carbocycles. The fraction of sp³-hybridized carbons (Fsp3) is 0.107. The van der Waals surface area contributed by atoms with E-state index >= 15 is 0 Å². The van der Waals surface area contributed by atoms with Crippen LogP contribution in [0.15, 0.2) is 97.1 Å². The first-order valence-electron chi connectivity index (χ1n) is 10.7. The molecule has 0 nitrogen and oxygen atoms in total. The van der Waals surface area contributed by atoms with Crippen molar-refractivity contribution in [3.05, 3.63) is 97.1 Å². The lowest BCUT2D eigenvalue weighted by Crippen LogP contribution is -2.18. The van der Waals surface area contributed by atoms with Crippen molar-refractivity contribution in [2.45, 2.75) is 13.3 Å². The van der Waals surface area contributed by atoms with Crippen LogP contribution in [0.25, 0.3) is 20.2 Å². The van der Waals surface area contributed by atoms with Crippen molar-refractivity contribution >= 4 is 74.5 Å². The summed E-state index contributed by atoms with van der Waals surface area (Å²) in [4.78, 5) is 0. The van der Waals surface area contributed by atoms with E-state index in [0.717, 1.165) is 12.6 Å². The van der Waals surface area contributed by atoms with Crippen LogP contribution in [0.4, 0.5) is 0 Å². The van der Waals surface area contributed by atoms with Crippen molar-refractivity contribution in [2.75, 3.05) is 6.16 Å². The van der Waals surface area contributed by atoms with Crippen LogP contribution in [-0.2, 0) is 0 Å². The SMILES string of the molecule is C=P(CCC)(c1ccccc1)c1ccc2sc3ccc(Pc4ccccc4)cc3c2c1. The van der Waals surface area contributed by atoms with E-state index in [9.17, 15) is 0 Å². The summed E-state index contributed by atoms with van der Waals surface area (Å²) in [6.07, 6.45) is 7.15. The minimum absolute atomic E-state index is 0.687. The van der Waals surface area contributed by atoms with Crippen molar-refractivity contribution in [3.63, 3.8) is 0 Å². The summed E-state index contributed by atoms with van der Waals surface area (Å²) < 4.78 is 2.74. The first-order chi connectivity index (χ1) is 15.2. The maximum absolute atomic E-state index is 4.86. The smallest absolute Gasteiger partial charge is 0.0355 e. The third-order valence-electron chi connectivity index (χ3n) is 5.87. The molecule has 4 aromatic carbocycles. The fourth-order valence-corrected chi connectivity index (χ4v) is 9.50. The number of hydrogen-bond donors (Lipinski definition) is 0. The second-order valence-corrected chi connectivity index (χ2v) is 13.9. The molecule has 1 aromatic heterocycles. The van der Waals surface area contributed by atoms with Crippen molar-refractivity contribution in [2.24, 2.45) is 0 Å². The zero-order valence-corrected chi connectivity index (χ0v) is 20.4. The molecular formula is C28H26P2S. The maximum Gasteiger partial charge on any atom is 0.0355 e. The Kier molecular flexibility index (Phi) is 5.85. The van der Waals surface area contributed by atoms with Gasteiger partial charge in [-0.3, -0.25) is 0 Å². The predicted octanol–water partition coefficient (Wildman–Crippen LogP) is 6.49. The van der Waals surface area contributed by atoms with Gasteiger partial charge >= 0.3 is 0 Å². The van der Waals surface area contributed by atoms with Gasteiger partial charge in [-0.2, -0.15) is 0 Å². The Bertz CT molecular complexity index is 1380. The van der Waals surface area contributed by atoms with Gasteiger partial charge in [0.05, 0.1) is 0 Å². The number of benzene rings is 4. The molecule has 0 amide bonds. The zero-order valence-electron chi connectivity index (χ0n) is 17.7. The van der Waals surface area contributed by atoms with Crippen LogP contribution in [0, 0.1) is 0 Å². The lowest BCUT2D eigenvalue weighted by Gasteiger charge is -2.25. The highest BCUT2D eigenvalue weighted by atomic mass is 32.1. The number of hydrogen-bond acceptors (Lipinski definition) is 1. The van der Waals surface area contributed by atoms with E-state index in [1.54, 1.807) is 0 Å². The average Bonchev–Trinajstić information content (AvgIpc) is 3.18. The highest BCUT2D eigenvalue weighted by molar-refractivity contribution is 7.87. The fourth-order valence-electron chi connectivity index (χ4n) is 4.30. The van der Waals surface area contributed by atoms with Gasteiger partial charge in [0.1, 0.15) is 0 Å². The Balaban J connectivity index is 1.63. The largest absolute Gasteiger partial charge is 0.135 e. The van der Waals surface area contributed by atoms with Gasteiger partial charge in [0.15, 0.2) is 0 Å². The summed E-state index contributed by atoms with van der Waals surface area (Å²) >= 11 is 1.90. The summed E-state index contributed by atoms with van der Waals surface area (Å²) in [7, 11) is 0.687. The lowest BCUT2D eigenvalue weighted by molar-refractivity contribution is 1.10. The molecule has 0 fully saturated rings. The number of thiophene rings is 1. The second kappa shape index (κ2) is 8.76. The van der Waals surface area contributed by atoms with Gasteiger partial charge in [0.25, 0.3) is 0 Å². The van der Waals surface area contributed by atoms with Gasteiger partial charge in [-0.05, 0) is 51.6 Å². The Labute approximate surface area is 190 Å². The van der Waals surface area contributed by atoms with Gasteiger partial charge in [-0.15, -0.1) is 11.3 Å². The molecule has 2 unspecified atom stereocenters. The summed E-state index contributed by atoms with van der Waals surface area (Å²) in [5.74, 6) is 0. The van der Waals surface area contributed by atoms with E-state index in [2.05, 4.69) is 104 Å². The molecule has 0 aliphatic heterocycles. The zero-order chi connectivity index (χ0) is 21.3. The van der Waals surface area contributed by atoms with Crippen LogP contribution >= 0.6 is 26.8 Å². The molecule has 31 heavy (non-hydrogen) atoms. The molecule has 154 valence electrons. The molecular weight excluding hydrogens is 430 g/mol. The standard InChI is InChI=1S/C28H26P2S/c1-3-18-30(2,23-12-8-5-9-13-23)24-15-17-28-26(20-24)25-19-22(14-16-27(25)31-28)29-21-10-6-4-7-11-21/h4-17,19-20,29H,2-3,18H2,1H3. The lowest BCUT2D eigenvalue weighted by atomic mass is 10.1. The molecule has 3 heteroatoms. The Morgan fingerprint density at radius 2 is 1.35 bits per heavy atom. The van der Waals surface area contributed by atoms with Crippen LogP contribution in [0.2, 0.25) is 0 Å². The third kappa shape index (κ3) is 4.04. The van der Waals surface area contributed by atoms with Crippen molar-refractivity contribution < 1.29 is 0 Å². The maximum atomic E-state index is 4.86. The quantitative estimate of drug-likeness (QED) is 0.256. The summed E-state index contributed by atoms with van der Waals surface area (Å²) in [6, 6.07) is 35.9. The second-order valence-electron chi connectivity index (χ2n) is 8.01. The van der Waals surface area contributed by atoms with Crippen LogP contribution in [0.3, 0.4) is 0 Å². The third-order valence-corrected chi connectivity index (χ3v) is 12.0. The van der Waals surface area contributed by atoms with Crippen LogP contribution in [-0.4, -0.2) is 12.5 Å². The molecule has 5 rings (SSSR count). The van der Waals surface area contributed by atoms with Crippen molar-refractivity contribution in [1.82, 2.24) is 0 Å². The van der Waals surface area contributed by atoms with Crippen LogP contribution in [0.1, 0.15) is 13.3 Å². The van der Waals surface area contributed by atoms with Gasteiger partial charge in [-0.1, -0.05) is 108 Å². The predicted molar refractivity (Wildman–Crippen MR) is 148 cm³/mol. The molecule has 0 saturated heterocycles. The Hall–Kier alpha value is -2.17. The topological polar surface area (TPSA) is 0 Å². The van der Waals surface area contributed by atoms with Crippen molar-refractivity contribution in [3.8, 4) is 0 Å². The monoisotopic (exact) mass is 456 g/mol. The van der Waals surface area contributed by atoms with E-state index in [1.165, 1.54) is 41.4 Å². The molecule has 2 atom stereocenters. The minimum atomic E-state index is -1.64.